The van der Waals surface area contributed by atoms with Crippen molar-refractivity contribution in [2.75, 3.05) is 0 Å². The van der Waals surface area contributed by atoms with Gasteiger partial charge in [0.25, 0.3) is 5.97 Å². The predicted octanol–water partition coefficient (Wildman–Crippen LogP) is 1.87. The maximum absolute atomic E-state index is 9.00. The van der Waals surface area contributed by atoms with Crippen molar-refractivity contribution in [3.8, 4) is 0 Å². The van der Waals surface area contributed by atoms with Crippen LogP contribution in [0.1, 0.15) is 26.7 Å². The topological polar surface area (TPSA) is 41.2 Å². The summed E-state index contributed by atoms with van der Waals surface area (Å²) in [5.74, 6) is -0.833. The van der Waals surface area contributed by atoms with E-state index in [0.29, 0.717) is 0 Å². The van der Waals surface area contributed by atoms with Crippen LogP contribution in [0.2, 0.25) is 0 Å². The molecule has 0 saturated heterocycles. The van der Waals surface area contributed by atoms with Gasteiger partial charge in [-0.05, 0) is 0 Å². The summed E-state index contributed by atoms with van der Waals surface area (Å²) in [6, 6.07) is 6.17. The third kappa shape index (κ3) is 8.71. The summed E-state index contributed by atoms with van der Waals surface area (Å²) >= 11 is 0. The second-order valence-electron chi connectivity index (χ2n) is 2.99. The lowest BCUT2D eigenvalue weighted by molar-refractivity contribution is -0.697. The Bertz CT molecular complexity index is 243. The van der Waals surface area contributed by atoms with Crippen molar-refractivity contribution in [2.24, 2.45) is 0 Å². The molecule has 3 nitrogen and oxygen atoms in total. The standard InChI is InChI=1S/C9H14N.C2H4O2/c1-2-3-7-10-8-5-4-6-9-10;1-2(3)4/h4-6,8-9H,2-3,7H2,1H3;1H3,(H,3,4)/q+1;. The van der Waals surface area contributed by atoms with Gasteiger partial charge in [-0.1, -0.05) is 19.4 Å². The first-order valence-corrected chi connectivity index (χ1v) is 4.80. The van der Waals surface area contributed by atoms with Crippen LogP contribution in [0.4, 0.5) is 0 Å². The highest BCUT2D eigenvalue weighted by molar-refractivity contribution is 5.62. The summed E-state index contributed by atoms with van der Waals surface area (Å²) in [6.45, 7) is 4.45. The number of carbonyl (C=O) groups is 1. The number of unbranched alkanes of at least 4 members (excludes halogenated alkanes) is 1. The van der Waals surface area contributed by atoms with Crippen LogP contribution in [0.15, 0.2) is 30.6 Å². The van der Waals surface area contributed by atoms with E-state index >= 15 is 0 Å². The normalized spacial score (nSPS) is 8.71. The van der Waals surface area contributed by atoms with Gasteiger partial charge >= 0.3 is 0 Å². The molecule has 0 spiro atoms. The van der Waals surface area contributed by atoms with E-state index in [1.165, 1.54) is 12.8 Å². The molecule has 0 unspecified atom stereocenters. The quantitative estimate of drug-likeness (QED) is 0.750. The van der Waals surface area contributed by atoms with Crippen molar-refractivity contribution >= 4 is 5.97 Å². The lowest BCUT2D eigenvalue weighted by atomic mass is 10.3. The van der Waals surface area contributed by atoms with E-state index in [2.05, 4.69) is 36.0 Å². The molecule has 0 amide bonds. The Labute approximate surface area is 85.0 Å². The number of aliphatic carboxylic acids is 1. The highest BCUT2D eigenvalue weighted by Gasteiger charge is 1.93. The Kier molecular flexibility index (Phi) is 7.42. The van der Waals surface area contributed by atoms with Crippen molar-refractivity contribution in [3.63, 3.8) is 0 Å². The van der Waals surface area contributed by atoms with Crippen LogP contribution in [0.25, 0.3) is 0 Å². The third-order valence-electron chi connectivity index (χ3n) is 1.55. The van der Waals surface area contributed by atoms with Gasteiger partial charge in [0.1, 0.15) is 6.54 Å². The molecule has 0 saturated carbocycles. The molecule has 0 aliphatic heterocycles. The largest absolute Gasteiger partial charge is 0.481 e. The van der Waals surface area contributed by atoms with Gasteiger partial charge in [-0.25, -0.2) is 4.57 Å². The summed E-state index contributed by atoms with van der Waals surface area (Å²) < 4.78 is 2.21. The highest BCUT2D eigenvalue weighted by Crippen LogP contribution is 1.85. The van der Waals surface area contributed by atoms with Crippen molar-refractivity contribution in [1.29, 1.82) is 0 Å². The fraction of sp³-hybridized carbons (Fsp3) is 0.455. The first-order chi connectivity index (χ1) is 6.66. The molecule has 78 valence electrons. The first kappa shape index (κ1) is 12.6. The minimum Gasteiger partial charge on any atom is -0.481 e. The molecule has 0 radical (unpaired) electrons. The zero-order valence-electron chi connectivity index (χ0n) is 8.81. The number of aryl methyl sites for hydroxylation is 1. The second kappa shape index (κ2) is 8.23. The molecule has 0 fully saturated rings. The van der Waals surface area contributed by atoms with Crippen molar-refractivity contribution < 1.29 is 14.5 Å². The van der Waals surface area contributed by atoms with E-state index in [9.17, 15) is 0 Å². The zero-order chi connectivity index (χ0) is 10.8. The molecule has 3 heteroatoms. The Morgan fingerprint density at radius 2 is 1.79 bits per heavy atom. The molecular formula is C11H18NO2+. The van der Waals surface area contributed by atoms with E-state index in [4.69, 9.17) is 9.90 Å². The lowest BCUT2D eigenvalue weighted by Crippen LogP contribution is -2.31. The monoisotopic (exact) mass is 196 g/mol. The van der Waals surface area contributed by atoms with E-state index in [0.717, 1.165) is 13.5 Å². The van der Waals surface area contributed by atoms with Crippen LogP contribution in [0.5, 0.6) is 0 Å². The van der Waals surface area contributed by atoms with Gasteiger partial charge in [0.15, 0.2) is 12.4 Å². The number of pyridine rings is 1. The Morgan fingerprint density at radius 1 is 1.29 bits per heavy atom. The highest BCUT2D eigenvalue weighted by atomic mass is 16.4. The number of hydrogen-bond donors (Lipinski definition) is 1. The van der Waals surface area contributed by atoms with Gasteiger partial charge in [-0.3, -0.25) is 4.79 Å². The van der Waals surface area contributed by atoms with Gasteiger partial charge in [-0.2, -0.15) is 0 Å². The fourth-order valence-corrected chi connectivity index (χ4v) is 0.924. The van der Waals surface area contributed by atoms with Crippen molar-refractivity contribution in [2.45, 2.75) is 33.2 Å². The maximum Gasteiger partial charge on any atom is 0.300 e. The minimum atomic E-state index is -0.833. The molecule has 1 aromatic heterocycles. The minimum absolute atomic E-state index is 0.833. The fourth-order valence-electron chi connectivity index (χ4n) is 0.924. The lowest BCUT2D eigenvalue weighted by Gasteiger charge is -1.91. The van der Waals surface area contributed by atoms with Crippen molar-refractivity contribution in [3.05, 3.63) is 30.6 Å². The molecule has 0 aromatic carbocycles. The molecular weight excluding hydrogens is 178 g/mol. The smallest absolute Gasteiger partial charge is 0.300 e. The zero-order valence-corrected chi connectivity index (χ0v) is 8.81. The average molecular weight is 196 g/mol. The van der Waals surface area contributed by atoms with E-state index in [-0.39, 0.29) is 0 Å². The molecule has 1 N–H and O–H groups in total. The summed E-state index contributed by atoms with van der Waals surface area (Å²) in [4.78, 5) is 9.00. The molecule has 1 rings (SSSR count). The molecule has 0 aliphatic rings. The molecule has 1 aromatic rings. The average Bonchev–Trinajstić information content (AvgIpc) is 2.15. The SMILES string of the molecule is CC(=O)O.CCCC[n+]1ccccc1. The van der Waals surface area contributed by atoms with Gasteiger partial charge < -0.3 is 5.11 Å². The van der Waals surface area contributed by atoms with Gasteiger partial charge in [-0.15, -0.1) is 0 Å². The summed E-state index contributed by atoms with van der Waals surface area (Å²) in [5, 5.41) is 7.42. The van der Waals surface area contributed by atoms with Crippen LogP contribution in [-0.2, 0) is 11.3 Å². The van der Waals surface area contributed by atoms with E-state index < -0.39 is 5.97 Å². The summed E-state index contributed by atoms with van der Waals surface area (Å²) in [5.41, 5.74) is 0. The molecule has 0 bridgehead atoms. The van der Waals surface area contributed by atoms with Crippen LogP contribution < -0.4 is 4.57 Å². The molecule has 0 atom stereocenters. The van der Waals surface area contributed by atoms with Crippen LogP contribution in [0, 0.1) is 0 Å². The second-order valence-corrected chi connectivity index (χ2v) is 2.99. The third-order valence-corrected chi connectivity index (χ3v) is 1.55. The number of nitrogens with zero attached hydrogens (tertiary/aromatic N) is 1. The van der Waals surface area contributed by atoms with E-state index in [1.807, 2.05) is 6.07 Å². The van der Waals surface area contributed by atoms with Gasteiger partial charge in [0.05, 0.1) is 0 Å². The molecule has 1 heterocycles. The van der Waals surface area contributed by atoms with Gasteiger partial charge in [0, 0.05) is 25.5 Å². The molecule has 0 aliphatic carbocycles. The van der Waals surface area contributed by atoms with E-state index in [1.54, 1.807) is 0 Å². The van der Waals surface area contributed by atoms with Gasteiger partial charge in [0.2, 0.25) is 0 Å². The van der Waals surface area contributed by atoms with Crippen molar-refractivity contribution in [1.82, 2.24) is 0 Å². The van der Waals surface area contributed by atoms with Crippen LogP contribution in [-0.4, -0.2) is 11.1 Å². The number of carboxylic acid groups (broad SMARTS) is 1. The molecule has 14 heavy (non-hydrogen) atoms. The Morgan fingerprint density at radius 3 is 2.21 bits per heavy atom. The summed E-state index contributed by atoms with van der Waals surface area (Å²) in [6.07, 6.45) is 6.75. The Hall–Kier alpha value is -1.38. The first-order valence-electron chi connectivity index (χ1n) is 4.80. The van der Waals surface area contributed by atoms with Crippen LogP contribution in [0.3, 0.4) is 0 Å². The number of rotatable bonds is 3. The Balaban J connectivity index is 0.000000364. The number of hydrogen-bond acceptors (Lipinski definition) is 1. The predicted molar refractivity (Wildman–Crippen MR) is 54.9 cm³/mol. The summed E-state index contributed by atoms with van der Waals surface area (Å²) in [7, 11) is 0. The van der Waals surface area contributed by atoms with Crippen LogP contribution >= 0.6 is 0 Å². The number of aromatic nitrogens is 1. The number of carboxylic acids is 1. The maximum atomic E-state index is 9.00.